The summed E-state index contributed by atoms with van der Waals surface area (Å²) in [4.78, 5) is 51.1. The van der Waals surface area contributed by atoms with Crippen molar-refractivity contribution in [3.05, 3.63) is 107 Å². The van der Waals surface area contributed by atoms with Gasteiger partial charge < -0.3 is 31.3 Å². The molecule has 0 fully saturated rings. The zero-order valence-corrected chi connectivity index (χ0v) is 27.9. The molecule has 0 aliphatic rings. The molecule has 47 heavy (non-hydrogen) atoms. The molecule has 1 unspecified atom stereocenters. The zero-order chi connectivity index (χ0) is 34.1. The second-order valence-electron chi connectivity index (χ2n) is 12.5. The van der Waals surface area contributed by atoms with E-state index in [1.54, 1.807) is 39.0 Å². The highest BCUT2D eigenvalue weighted by Crippen LogP contribution is 2.13. The molecule has 0 heterocycles. The van der Waals surface area contributed by atoms with E-state index < -0.39 is 29.6 Å². The first kappa shape index (κ1) is 36.8. The minimum absolute atomic E-state index is 0.179. The molecule has 10 heteroatoms. The molecule has 4 amide bonds. The Kier molecular flexibility index (Phi) is 14.9. The lowest BCUT2D eigenvalue weighted by Gasteiger charge is -2.19. The highest BCUT2D eigenvalue weighted by molar-refractivity contribution is 6.01. The lowest BCUT2D eigenvalue weighted by Crippen LogP contribution is -2.46. The summed E-state index contributed by atoms with van der Waals surface area (Å²) in [6.07, 6.45) is 1.48. The van der Waals surface area contributed by atoms with Gasteiger partial charge in [0.1, 0.15) is 11.6 Å². The Morgan fingerprint density at radius 3 is 2.04 bits per heavy atom. The van der Waals surface area contributed by atoms with Gasteiger partial charge in [-0.15, -0.1) is 0 Å². The van der Waals surface area contributed by atoms with Gasteiger partial charge in [-0.1, -0.05) is 73.7 Å². The fraction of sp³-hybridized carbons (Fsp3) is 0.405. The largest absolute Gasteiger partial charge is 0.444 e. The van der Waals surface area contributed by atoms with Crippen LogP contribution in [0.5, 0.6) is 0 Å². The van der Waals surface area contributed by atoms with Crippen LogP contribution >= 0.6 is 0 Å². The fourth-order valence-corrected chi connectivity index (χ4v) is 4.79. The van der Waals surface area contributed by atoms with Gasteiger partial charge in [0.25, 0.3) is 11.8 Å². The summed E-state index contributed by atoms with van der Waals surface area (Å²) in [6, 6.07) is 25.5. The maximum atomic E-state index is 13.3. The Balaban J connectivity index is 1.52. The number of nitrogens with one attached hydrogen (secondary N) is 5. The Morgan fingerprint density at radius 1 is 0.723 bits per heavy atom. The number of hydrogen-bond donors (Lipinski definition) is 5. The molecular weight excluding hydrogens is 594 g/mol. The second-order valence-corrected chi connectivity index (χ2v) is 12.5. The van der Waals surface area contributed by atoms with Gasteiger partial charge in [0.15, 0.2) is 0 Å². The van der Waals surface area contributed by atoms with Crippen LogP contribution in [0.2, 0.25) is 0 Å². The molecule has 0 aromatic heterocycles. The van der Waals surface area contributed by atoms with Crippen LogP contribution in [-0.2, 0) is 16.1 Å². The van der Waals surface area contributed by atoms with Gasteiger partial charge in [0.2, 0.25) is 5.91 Å². The quantitative estimate of drug-likeness (QED) is 0.133. The normalized spacial score (nSPS) is 12.3. The predicted molar refractivity (Wildman–Crippen MR) is 184 cm³/mol. The van der Waals surface area contributed by atoms with Crippen molar-refractivity contribution in [2.75, 3.05) is 26.2 Å². The van der Waals surface area contributed by atoms with Gasteiger partial charge >= 0.3 is 6.09 Å². The Hall–Kier alpha value is -4.70. The molecule has 3 rings (SSSR count). The van der Waals surface area contributed by atoms with Crippen LogP contribution in [0.3, 0.4) is 0 Å². The summed E-state index contributed by atoms with van der Waals surface area (Å²) >= 11 is 0. The van der Waals surface area contributed by atoms with E-state index in [0.29, 0.717) is 18.9 Å². The number of alkyl carbamates (subject to hydrolysis) is 1. The molecule has 0 saturated carbocycles. The number of carbonyl (C=O) groups excluding carboxylic acids is 4. The van der Waals surface area contributed by atoms with Crippen molar-refractivity contribution in [2.24, 2.45) is 0 Å². The Labute approximate surface area is 278 Å². The molecule has 3 aromatic rings. The van der Waals surface area contributed by atoms with Crippen molar-refractivity contribution < 1.29 is 23.9 Å². The van der Waals surface area contributed by atoms with E-state index in [2.05, 4.69) is 45.6 Å². The third kappa shape index (κ3) is 14.1. The molecule has 0 bridgehead atoms. The van der Waals surface area contributed by atoms with Crippen molar-refractivity contribution in [3.8, 4) is 0 Å². The van der Waals surface area contributed by atoms with Crippen molar-refractivity contribution in [3.63, 3.8) is 0 Å². The van der Waals surface area contributed by atoms with E-state index in [1.165, 1.54) is 11.6 Å². The number of rotatable bonds is 17. The summed E-state index contributed by atoms with van der Waals surface area (Å²) in [6.45, 7) is 9.86. The molecule has 10 nitrogen and oxygen atoms in total. The molecule has 252 valence electrons. The maximum absolute atomic E-state index is 13.3. The predicted octanol–water partition coefficient (Wildman–Crippen LogP) is 4.92. The van der Waals surface area contributed by atoms with E-state index in [-0.39, 0.29) is 30.1 Å². The molecular formula is C37H49N5O5. The van der Waals surface area contributed by atoms with Gasteiger partial charge in [-0.25, -0.2) is 4.79 Å². The Morgan fingerprint density at radius 2 is 1.36 bits per heavy atom. The number of amides is 4. The van der Waals surface area contributed by atoms with Gasteiger partial charge in [0, 0.05) is 37.3 Å². The maximum Gasteiger partial charge on any atom is 0.407 e. The molecule has 0 radical (unpaired) electrons. The molecule has 2 atom stereocenters. The lowest BCUT2D eigenvalue weighted by atomic mass is 10.0. The van der Waals surface area contributed by atoms with E-state index >= 15 is 0 Å². The van der Waals surface area contributed by atoms with E-state index in [4.69, 9.17) is 4.74 Å². The van der Waals surface area contributed by atoms with Crippen LogP contribution in [0.1, 0.15) is 84.7 Å². The van der Waals surface area contributed by atoms with Crippen LogP contribution in [0.4, 0.5) is 4.79 Å². The molecule has 0 saturated heterocycles. The van der Waals surface area contributed by atoms with Crippen LogP contribution in [0.15, 0.2) is 84.9 Å². The van der Waals surface area contributed by atoms with E-state index in [9.17, 15) is 19.2 Å². The summed E-state index contributed by atoms with van der Waals surface area (Å²) in [7, 11) is 0. The van der Waals surface area contributed by atoms with Crippen LogP contribution in [0.25, 0.3) is 0 Å². The molecule has 0 aliphatic carbocycles. The highest BCUT2D eigenvalue weighted by Gasteiger charge is 2.22. The lowest BCUT2D eigenvalue weighted by molar-refractivity contribution is -0.123. The van der Waals surface area contributed by atoms with Gasteiger partial charge in [0.05, 0.1) is 0 Å². The highest BCUT2D eigenvalue weighted by atomic mass is 16.6. The van der Waals surface area contributed by atoms with Gasteiger partial charge in [-0.05, 0) is 81.8 Å². The summed E-state index contributed by atoms with van der Waals surface area (Å²) in [5.41, 5.74) is 2.18. The first-order valence-electron chi connectivity index (χ1n) is 16.2. The Bertz CT molecular complexity index is 1430. The fourth-order valence-electron chi connectivity index (χ4n) is 4.79. The minimum Gasteiger partial charge on any atom is -0.444 e. The smallest absolute Gasteiger partial charge is 0.407 e. The SMILES string of the molecule is CC(CNCCCC[C@H](NC(=O)c1cccc(C(=O)NCCNC(=O)OC(C)(C)C)c1)C(=O)NCc1ccccc1)c1ccccc1. The standard InChI is InChI=1S/C37H49N5O5/c1-27(29-16-9-6-10-17-29)25-38-21-12-11-20-32(35(45)41-26-28-14-7-5-8-15-28)42-34(44)31-19-13-18-30(24-31)33(43)39-22-23-40-36(46)47-37(2,3)4/h5-10,13-19,24,27,32,38H,11-12,20-23,25-26H2,1-4H3,(H,39,43)(H,40,46)(H,41,45)(H,42,44)/t27?,32-/m0/s1. The topological polar surface area (TPSA) is 138 Å². The monoisotopic (exact) mass is 643 g/mol. The van der Waals surface area contributed by atoms with Crippen LogP contribution in [0, 0.1) is 0 Å². The number of hydrogen-bond acceptors (Lipinski definition) is 6. The summed E-state index contributed by atoms with van der Waals surface area (Å²) < 4.78 is 5.18. The molecule has 0 spiro atoms. The molecule has 0 aliphatic heterocycles. The average molecular weight is 644 g/mol. The second kappa shape index (κ2) is 19.1. The third-order valence-corrected chi connectivity index (χ3v) is 7.31. The summed E-state index contributed by atoms with van der Waals surface area (Å²) in [5, 5.41) is 14.6. The third-order valence-electron chi connectivity index (χ3n) is 7.31. The van der Waals surface area contributed by atoms with Crippen molar-refractivity contribution in [1.82, 2.24) is 26.6 Å². The minimum atomic E-state index is -0.745. The average Bonchev–Trinajstić information content (AvgIpc) is 3.06. The molecule has 3 aromatic carbocycles. The van der Waals surface area contributed by atoms with Gasteiger partial charge in [-0.3, -0.25) is 14.4 Å². The number of benzene rings is 3. The van der Waals surface area contributed by atoms with Crippen LogP contribution in [-0.4, -0.2) is 61.6 Å². The van der Waals surface area contributed by atoms with E-state index in [0.717, 1.165) is 31.5 Å². The van der Waals surface area contributed by atoms with E-state index in [1.807, 2.05) is 48.5 Å². The first-order chi connectivity index (χ1) is 22.5. The number of ether oxygens (including phenoxy) is 1. The first-order valence-corrected chi connectivity index (χ1v) is 16.2. The number of carbonyl (C=O) groups is 4. The number of unbranched alkanes of at least 4 members (excludes halogenated alkanes) is 1. The van der Waals surface area contributed by atoms with Crippen LogP contribution < -0.4 is 26.6 Å². The molecule has 5 N–H and O–H groups in total. The van der Waals surface area contributed by atoms with Crippen molar-refractivity contribution >= 4 is 23.8 Å². The zero-order valence-electron chi connectivity index (χ0n) is 27.9. The van der Waals surface area contributed by atoms with Gasteiger partial charge in [-0.2, -0.15) is 0 Å². The van der Waals surface area contributed by atoms with Crippen molar-refractivity contribution in [2.45, 2.75) is 71.1 Å². The van der Waals surface area contributed by atoms with Crippen molar-refractivity contribution in [1.29, 1.82) is 0 Å². The summed E-state index contributed by atoms with van der Waals surface area (Å²) in [5.74, 6) is -0.712.